The lowest BCUT2D eigenvalue weighted by Gasteiger charge is -2.16. The summed E-state index contributed by atoms with van der Waals surface area (Å²) in [6.45, 7) is 2.13. The van der Waals surface area contributed by atoms with Gasteiger partial charge in [-0.15, -0.1) is 0 Å². The van der Waals surface area contributed by atoms with E-state index in [4.69, 9.17) is 24.2 Å². The molecule has 0 aliphatic rings. The number of aromatic nitrogens is 2. The van der Waals surface area contributed by atoms with Gasteiger partial charge in [-0.05, 0) is 79.2 Å². The highest BCUT2D eigenvalue weighted by Gasteiger charge is 2.17. The molecule has 0 bridgehead atoms. The zero-order valence-corrected chi connectivity index (χ0v) is 18.8. The van der Waals surface area contributed by atoms with Gasteiger partial charge in [-0.3, -0.25) is 0 Å². The minimum Gasteiger partial charge on any atom is -0.497 e. The maximum Gasteiger partial charge on any atom is 0.160 e. The van der Waals surface area contributed by atoms with Crippen molar-refractivity contribution in [1.29, 1.82) is 0 Å². The Morgan fingerprint density at radius 3 is 1.19 bits per heavy atom. The summed E-state index contributed by atoms with van der Waals surface area (Å²) in [7, 11) is 4.99. The van der Waals surface area contributed by atoms with Crippen LogP contribution in [0.1, 0.15) is 12.5 Å². The highest BCUT2D eigenvalue weighted by Crippen LogP contribution is 2.34. The minimum absolute atomic E-state index is 0.668. The fourth-order valence-electron chi connectivity index (χ4n) is 3.66. The van der Waals surface area contributed by atoms with Crippen LogP contribution in [0.3, 0.4) is 0 Å². The molecule has 3 aromatic carbocycles. The van der Waals surface area contributed by atoms with Crippen LogP contribution in [0, 0.1) is 0 Å². The van der Waals surface area contributed by atoms with E-state index in [2.05, 4.69) is 6.92 Å². The lowest BCUT2D eigenvalue weighted by Crippen LogP contribution is -2.03. The molecule has 0 aliphatic heterocycles. The molecule has 0 spiro atoms. The molecule has 5 nitrogen and oxygen atoms in total. The third kappa shape index (κ3) is 4.28. The number of benzene rings is 3. The Bertz CT molecular complexity index is 1120. The summed E-state index contributed by atoms with van der Waals surface area (Å²) in [6, 6.07) is 23.8. The monoisotopic (exact) mass is 426 g/mol. The van der Waals surface area contributed by atoms with Crippen molar-refractivity contribution >= 4 is 0 Å². The van der Waals surface area contributed by atoms with Gasteiger partial charge in [-0.25, -0.2) is 9.97 Å². The van der Waals surface area contributed by atoms with E-state index in [9.17, 15) is 0 Å². The Morgan fingerprint density at radius 1 is 0.531 bits per heavy atom. The summed E-state index contributed by atoms with van der Waals surface area (Å²) < 4.78 is 16.0. The van der Waals surface area contributed by atoms with Crippen LogP contribution in [-0.2, 0) is 6.42 Å². The highest BCUT2D eigenvalue weighted by molar-refractivity contribution is 5.77. The third-order valence-electron chi connectivity index (χ3n) is 5.44. The van der Waals surface area contributed by atoms with Gasteiger partial charge in [0.2, 0.25) is 0 Å². The van der Waals surface area contributed by atoms with Crippen LogP contribution in [0.25, 0.3) is 33.9 Å². The van der Waals surface area contributed by atoms with Crippen LogP contribution < -0.4 is 14.2 Å². The Morgan fingerprint density at radius 2 is 0.875 bits per heavy atom. The molecule has 4 rings (SSSR count). The quantitative estimate of drug-likeness (QED) is 0.359. The molecular formula is C27H26N2O3. The zero-order valence-electron chi connectivity index (χ0n) is 18.8. The van der Waals surface area contributed by atoms with Crippen molar-refractivity contribution in [3.63, 3.8) is 0 Å². The Labute approximate surface area is 188 Å². The van der Waals surface area contributed by atoms with Crippen LogP contribution in [0.5, 0.6) is 17.2 Å². The van der Waals surface area contributed by atoms with Gasteiger partial charge in [0.05, 0.1) is 32.7 Å². The molecule has 0 unspecified atom stereocenters. The van der Waals surface area contributed by atoms with Crippen LogP contribution in [0.2, 0.25) is 0 Å². The Balaban J connectivity index is 1.93. The molecule has 0 aliphatic carbocycles. The first-order valence-electron chi connectivity index (χ1n) is 10.5. The van der Waals surface area contributed by atoms with Crippen molar-refractivity contribution < 1.29 is 14.2 Å². The summed E-state index contributed by atoms with van der Waals surface area (Å²) in [4.78, 5) is 9.99. The van der Waals surface area contributed by atoms with Gasteiger partial charge in [0.15, 0.2) is 5.82 Å². The van der Waals surface area contributed by atoms with E-state index < -0.39 is 0 Å². The lowest BCUT2D eigenvalue weighted by molar-refractivity contribution is 0.415. The summed E-state index contributed by atoms with van der Waals surface area (Å²) >= 11 is 0. The molecule has 0 radical (unpaired) electrons. The molecule has 1 heterocycles. The number of ether oxygens (including phenoxy) is 3. The van der Waals surface area contributed by atoms with E-state index in [0.717, 1.165) is 57.3 Å². The van der Waals surface area contributed by atoms with Gasteiger partial charge in [0.25, 0.3) is 0 Å². The van der Waals surface area contributed by atoms with Crippen molar-refractivity contribution in [2.75, 3.05) is 21.3 Å². The maximum absolute atomic E-state index is 5.33. The van der Waals surface area contributed by atoms with Gasteiger partial charge < -0.3 is 14.2 Å². The largest absolute Gasteiger partial charge is 0.497 e. The van der Waals surface area contributed by atoms with Crippen LogP contribution in [0.15, 0.2) is 72.8 Å². The van der Waals surface area contributed by atoms with Crippen molar-refractivity contribution in [3.05, 3.63) is 78.4 Å². The molecule has 0 amide bonds. The summed E-state index contributed by atoms with van der Waals surface area (Å²) in [5, 5.41) is 0. The van der Waals surface area contributed by atoms with Gasteiger partial charge in [-0.2, -0.15) is 0 Å². The van der Waals surface area contributed by atoms with E-state index >= 15 is 0 Å². The summed E-state index contributed by atoms with van der Waals surface area (Å²) in [5.74, 6) is 3.09. The normalized spacial score (nSPS) is 10.6. The first-order valence-corrected chi connectivity index (χ1v) is 10.5. The topological polar surface area (TPSA) is 53.5 Å². The number of nitrogens with zero attached hydrogens (tertiary/aromatic N) is 2. The van der Waals surface area contributed by atoms with E-state index in [-0.39, 0.29) is 0 Å². The standard InChI is InChI=1S/C27H26N2O3/c1-5-24-25(18-6-12-21(30-2)13-7-18)28-27(20-10-16-23(32-4)17-11-20)29-26(24)19-8-14-22(31-3)15-9-19/h6-17H,5H2,1-4H3. The summed E-state index contributed by atoms with van der Waals surface area (Å²) in [6.07, 6.45) is 0.797. The van der Waals surface area contributed by atoms with Crippen LogP contribution in [-0.4, -0.2) is 31.3 Å². The van der Waals surface area contributed by atoms with Crippen molar-refractivity contribution in [3.8, 4) is 51.2 Å². The van der Waals surface area contributed by atoms with Crippen LogP contribution >= 0.6 is 0 Å². The van der Waals surface area contributed by atoms with Crippen LogP contribution in [0.4, 0.5) is 0 Å². The lowest BCUT2D eigenvalue weighted by atomic mass is 9.97. The molecule has 4 aromatic rings. The Kier molecular flexibility index (Phi) is 6.36. The molecule has 162 valence electrons. The molecule has 32 heavy (non-hydrogen) atoms. The second-order valence-corrected chi connectivity index (χ2v) is 7.26. The predicted molar refractivity (Wildman–Crippen MR) is 127 cm³/mol. The number of hydrogen-bond donors (Lipinski definition) is 0. The van der Waals surface area contributed by atoms with Crippen molar-refractivity contribution in [2.45, 2.75) is 13.3 Å². The van der Waals surface area contributed by atoms with Gasteiger partial charge >= 0.3 is 0 Å². The fourth-order valence-corrected chi connectivity index (χ4v) is 3.66. The number of hydrogen-bond acceptors (Lipinski definition) is 5. The predicted octanol–water partition coefficient (Wildman–Crippen LogP) is 6.07. The smallest absolute Gasteiger partial charge is 0.160 e. The molecule has 0 N–H and O–H groups in total. The SMILES string of the molecule is CCc1c(-c2ccc(OC)cc2)nc(-c2ccc(OC)cc2)nc1-c1ccc(OC)cc1. The molecule has 0 atom stereocenters. The first kappa shape index (κ1) is 21.4. The van der Waals surface area contributed by atoms with Crippen molar-refractivity contribution in [1.82, 2.24) is 9.97 Å². The fraction of sp³-hybridized carbons (Fsp3) is 0.185. The van der Waals surface area contributed by atoms with Gasteiger partial charge in [0.1, 0.15) is 17.2 Å². The molecule has 0 saturated heterocycles. The third-order valence-corrected chi connectivity index (χ3v) is 5.44. The first-order chi connectivity index (χ1) is 15.7. The highest BCUT2D eigenvalue weighted by atomic mass is 16.5. The second-order valence-electron chi connectivity index (χ2n) is 7.26. The number of rotatable bonds is 7. The second kappa shape index (κ2) is 9.52. The Hall–Kier alpha value is -3.86. The molecule has 5 heteroatoms. The zero-order chi connectivity index (χ0) is 22.5. The molecular weight excluding hydrogens is 400 g/mol. The summed E-state index contributed by atoms with van der Waals surface area (Å²) in [5.41, 5.74) is 5.91. The number of methoxy groups -OCH3 is 3. The van der Waals surface area contributed by atoms with E-state index in [1.54, 1.807) is 21.3 Å². The van der Waals surface area contributed by atoms with Gasteiger partial charge in [0, 0.05) is 22.3 Å². The van der Waals surface area contributed by atoms with E-state index in [1.165, 1.54) is 0 Å². The van der Waals surface area contributed by atoms with E-state index in [0.29, 0.717) is 5.82 Å². The average molecular weight is 427 g/mol. The minimum atomic E-state index is 0.668. The molecule has 1 aromatic heterocycles. The average Bonchev–Trinajstić information content (AvgIpc) is 2.88. The van der Waals surface area contributed by atoms with E-state index in [1.807, 2.05) is 72.8 Å². The van der Waals surface area contributed by atoms with Crippen molar-refractivity contribution in [2.24, 2.45) is 0 Å². The maximum atomic E-state index is 5.33. The molecule has 0 saturated carbocycles. The van der Waals surface area contributed by atoms with Gasteiger partial charge in [-0.1, -0.05) is 6.92 Å². The molecule has 0 fully saturated rings.